The number of nitrogens with one attached hydrogen (secondary N) is 1. The molecule has 1 aromatic carbocycles. The molecule has 0 bridgehead atoms. The number of sulfonamides is 1. The number of hydrogen-bond donors (Lipinski definition) is 2. The van der Waals surface area contributed by atoms with Gasteiger partial charge in [0.1, 0.15) is 5.75 Å². The second-order valence-electron chi connectivity index (χ2n) is 3.93. The fourth-order valence-corrected chi connectivity index (χ4v) is 2.32. The number of hydrogen-bond acceptors (Lipinski definition) is 4. The van der Waals surface area contributed by atoms with Crippen LogP contribution < -0.4 is 4.72 Å². The van der Waals surface area contributed by atoms with Crippen molar-refractivity contribution in [1.82, 2.24) is 9.62 Å². The highest BCUT2D eigenvalue weighted by molar-refractivity contribution is 7.89. The lowest BCUT2D eigenvalue weighted by atomic mass is 10.3. The van der Waals surface area contributed by atoms with E-state index in [0.717, 1.165) is 6.07 Å². The number of phenolic OH excluding ortho intramolecular Hbond substituents is 1. The number of nitrogens with zero attached hydrogens (tertiary/aromatic N) is 1. The van der Waals surface area contributed by atoms with Crippen LogP contribution in [0.3, 0.4) is 0 Å². The maximum absolute atomic E-state index is 11.8. The van der Waals surface area contributed by atoms with E-state index in [0.29, 0.717) is 0 Å². The minimum atomic E-state index is -3.68. The summed E-state index contributed by atoms with van der Waals surface area (Å²) in [4.78, 5) is 12.6. The number of phenols is 1. The summed E-state index contributed by atoms with van der Waals surface area (Å²) in [7, 11) is -0.478. The first kappa shape index (κ1) is 14.5. The fourth-order valence-electron chi connectivity index (χ4n) is 1.25. The van der Waals surface area contributed by atoms with Gasteiger partial charge in [-0.3, -0.25) is 4.79 Å². The number of amides is 1. The topological polar surface area (TPSA) is 86.7 Å². The Morgan fingerprint density at radius 2 is 2.06 bits per heavy atom. The molecule has 0 radical (unpaired) electrons. The number of benzene rings is 1. The molecule has 0 atom stereocenters. The molecule has 1 rings (SSSR count). The molecule has 0 saturated heterocycles. The van der Waals surface area contributed by atoms with Crippen molar-refractivity contribution in [3.05, 3.63) is 24.3 Å². The molecule has 0 aromatic heterocycles. The van der Waals surface area contributed by atoms with Gasteiger partial charge >= 0.3 is 0 Å². The van der Waals surface area contributed by atoms with E-state index < -0.39 is 10.0 Å². The zero-order chi connectivity index (χ0) is 13.8. The molecule has 100 valence electrons. The Kier molecular flexibility index (Phi) is 4.69. The lowest BCUT2D eigenvalue weighted by Gasteiger charge is -2.11. The summed E-state index contributed by atoms with van der Waals surface area (Å²) in [6, 6.07) is 5.34. The van der Waals surface area contributed by atoms with E-state index in [9.17, 15) is 18.3 Å². The van der Waals surface area contributed by atoms with Gasteiger partial charge in [-0.05, 0) is 18.2 Å². The highest BCUT2D eigenvalue weighted by atomic mass is 32.2. The van der Waals surface area contributed by atoms with Crippen molar-refractivity contribution in [2.24, 2.45) is 0 Å². The van der Waals surface area contributed by atoms with Gasteiger partial charge < -0.3 is 10.0 Å². The van der Waals surface area contributed by atoms with Crippen LogP contribution in [0.25, 0.3) is 0 Å². The summed E-state index contributed by atoms with van der Waals surface area (Å²) in [6.45, 7) is 0.0228. The van der Waals surface area contributed by atoms with E-state index in [1.165, 1.54) is 23.1 Å². The van der Waals surface area contributed by atoms with Crippen molar-refractivity contribution >= 4 is 15.9 Å². The summed E-state index contributed by atoms with van der Waals surface area (Å²) in [5.74, 6) is -0.282. The van der Waals surface area contributed by atoms with Crippen LogP contribution in [0.5, 0.6) is 5.75 Å². The van der Waals surface area contributed by atoms with Crippen LogP contribution in [0.15, 0.2) is 29.2 Å². The predicted octanol–water partition coefficient (Wildman–Crippen LogP) is 0.149. The van der Waals surface area contributed by atoms with Crippen LogP contribution in [0.1, 0.15) is 6.42 Å². The summed E-state index contributed by atoms with van der Waals surface area (Å²) < 4.78 is 25.9. The normalized spacial score (nSPS) is 11.2. The first-order chi connectivity index (χ1) is 8.33. The molecule has 6 nitrogen and oxygen atoms in total. The van der Waals surface area contributed by atoms with Gasteiger partial charge in [0.15, 0.2) is 0 Å². The van der Waals surface area contributed by atoms with Crippen LogP contribution in [0.2, 0.25) is 0 Å². The van der Waals surface area contributed by atoms with E-state index in [1.54, 1.807) is 14.1 Å². The van der Waals surface area contributed by atoms with Gasteiger partial charge in [-0.2, -0.15) is 0 Å². The SMILES string of the molecule is CN(C)C(=O)CCNS(=O)(=O)c1cccc(O)c1. The van der Waals surface area contributed by atoms with Crippen LogP contribution >= 0.6 is 0 Å². The van der Waals surface area contributed by atoms with Crippen LogP contribution in [0.4, 0.5) is 0 Å². The standard InChI is InChI=1S/C11H16N2O4S/c1-13(2)11(15)6-7-12-18(16,17)10-5-3-4-9(14)8-10/h3-5,8,12,14H,6-7H2,1-2H3. The van der Waals surface area contributed by atoms with E-state index in [4.69, 9.17) is 0 Å². The molecule has 18 heavy (non-hydrogen) atoms. The first-order valence-corrected chi connectivity index (χ1v) is 6.80. The lowest BCUT2D eigenvalue weighted by Crippen LogP contribution is -2.30. The molecule has 0 aliphatic carbocycles. The Bertz CT molecular complexity index is 526. The van der Waals surface area contributed by atoms with Gasteiger partial charge in [0.05, 0.1) is 4.90 Å². The van der Waals surface area contributed by atoms with Crippen LogP contribution in [0, 0.1) is 0 Å². The van der Waals surface area contributed by atoms with Crippen molar-refractivity contribution in [3.8, 4) is 5.75 Å². The van der Waals surface area contributed by atoms with E-state index >= 15 is 0 Å². The van der Waals surface area contributed by atoms with Gasteiger partial charge in [0, 0.05) is 27.1 Å². The lowest BCUT2D eigenvalue weighted by molar-refractivity contribution is -0.128. The monoisotopic (exact) mass is 272 g/mol. The number of carbonyl (C=O) groups is 1. The van der Waals surface area contributed by atoms with Crippen molar-refractivity contribution in [2.75, 3.05) is 20.6 Å². The van der Waals surface area contributed by atoms with Crippen molar-refractivity contribution in [2.45, 2.75) is 11.3 Å². The summed E-state index contributed by atoms with van der Waals surface area (Å²) >= 11 is 0. The number of aromatic hydroxyl groups is 1. The number of rotatable bonds is 5. The van der Waals surface area contributed by atoms with Crippen molar-refractivity contribution in [3.63, 3.8) is 0 Å². The smallest absolute Gasteiger partial charge is 0.240 e. The van der Waals surface area contributed by atoms with Crippen LogP contribution in [-0.4, -0.2) is 45.0 Å². The molecule has 0 unspecified atom stereocenters. The van der Waals surface area contributed by atoms with Gasteiger partial charge in [0.25, 0.3) is 0 Å². The van der Waals surface area contributed by atoms with E-state index in [1.807, 2.05) is 0 Å². The zero-order valence-electron chi connectivity index (χ0n) is 10.3. The van der Waals surface area contributed by atoms with Gasteiger partial charge in [-0.15, -0.1) is 0 Å². The molecule has 0 heterocycles. The molecular weight excluding hydrogens is 256 g/mol. The molecule has 2 N–H and O–H groups in total. The minimum Gasteiger partial charge on any atom is -0.508 e. The maximum atomic E-state index is 11.8. The number of carbonyl (C=O) groups excluding carboxylic acids is 1. The first-order valence-electron chi connectivity index (χ1n) is 5.32. The van der Waals surface area contributed by atoms with Gasteiger partial charge in [0.2, 0.25) is 15.9 Å². The Labute approximate surface area is 106 Å². The average Bonchev–Trinajstić information content (AvgIpc) is 2.28. The second kappa shape index (κ2) is 5.83. The van der Waals surface area contributed by atoms with Crippen molar-refractivity contribution in [1.29, 1.82) is 0 Å². The third-order valence-electron chi connectivity index (χ3n) is 2.26. The average molecular weight is 272 g/mol. The summed E-state index contributed by atoms with van der Waals surface area (Å²) in [5, 5.41) is 9.21. The highest BCUT2D eigenvalue weighted by Gasteiger charge is 2.14. The molecule has 0 aliphatic heterocycles. The fraction of sp³-hybridized carbons (Fsp3) is 0.364. The van der Waals surface area contributed by atoms with Crippen LogP contribution in [-0.2, 0) is 14.8 Å². The van der Waals surface area contributed by atoms with E-state index in [2.05, 4.69) is 4.72 Å². The zero-order valence-corrected chi connectivity index (χ0v) is 11.1. The van der Waals surface area contributed by atoms with Gasteiger partial charge in [-0.1, -0.05) is 6.07 Å². The van der Waals surface area contributed by atoms with Crippen molar-refractivity contribution < 1.29 is 18.3 Å². The summed E-state index contributed by atoms with van der Waals surface area (Å²) in [6.07, 6.45) is 0.0883. The van der Waals surface area contributed by atoms with E-state index in [-0.39, 0.29) is 29.5 Å². The van der Waals surface area contributed by atoms with Gasteiger partial charge in [-0.25, -0.2) is 13.1 Å². The third kappa shape index (κ3) is 4.01. The molecule has 0 spiro atoms. The Hall–Kier alpha value is -1.60. The summed E-state index contributed by atoms with van der Waals surface area (Å²) in [5.41, 5.74) is 0. The molecule has 0 aliphatic rings. The molecule has 1 amide bonds. The largest absolute Gasteiger partial charge is 0.508 e. The quantitative estimate of drug-likeness (QED) is 0.798. The molecule has 0 fully saturated rings. The Morgan fingerprint density at radius 1 is 1.39 bits per heavy atom. The Morgan fingerprint density at radius 3 is 2.61 bits per heavy atom. The third-order valence-corrected chi connectivity index (χ3v) is 3.72. The Balaban J connectivity index is 2.64. The maximum Gasteiger partial charge on any atom is 0.240 e. The highest BCUT2D eigenvalue weighted by Crippen LogP contribution is 2.15. The predicted molar refractivity (Wildman–Crippen MR) is 66.6 cm³/mol. The molecule has 7 heteroatoms. The molecule has 1 aromatic rings. The minimum absolute atomic E-state index is 0.0228. The second-order valence-corrected chi connectivity index (χ2v) is 5.70. The molecular formula is C11H16N2O4S. The molecule has 0 saturated carbocycles.